The van der Waals surface area contributed by atoms with Gasteiger partial charge >= 0.3 is 5.97 Å². The van der Waals surface area contributed by atoms with Gasteiger partial charge in [-0.25, -0.2) is 9.78 Å². The number of hydrogen-bond donors (Lipinski definition) is 1. The number of halogens is 2. The molecule has 0 unspecified atom stereocenters. The minimum absolute atomic E-state index is 0.336. The quantitative estimate of drug-likeness (QED) is 0.477. The van der Waals surface area contributed by atoms with E-state index in [-0.39, 0.29) is 0 Å². The van der Waals surface area contributed by atoms with E-state index in [2.05, 4.69) is 9.82 Å². The molecule has 1 aromatic heterocycles. The maximum Gasteiger partial charge on any atom is 0.356 e. The molecule has 0 saturated carbocycles. The Hall–Kier alpha value is -2.34. The van der Waals surface area contributed by atoms with Crippen molar-refractivity contribution in [1.29, 1.82) is 0 Å². The highest BCUT2D eigenvalue weighted by molar-refractivity contribution is 6.36. The average molecular weight is 365 g/mol. The Bertz CT molecular complexity index is 823. The second-order valence-corrected chi connectivity index (χ2v) is 5.41. The normalized spacial score (nSPS) is 12.2. The van der Waals surface area contributed by atoms with Crippen LogP contribution in [0.15, 0.2) is 58.8 Å². The number of nitrogens with zero attached hydrogens (tertiary/aromatic N) is 1. The third-order valence-electron chi connectivity index (χ3n) is 3.01. The van der Waals surface area contributed by atoms with Crippen LogP contribution in [0.5, 0.6) is 0 Å². The number of nitrogens with two attached hydrogens (primary N) is 1. The number of carbonyl (C=O) groups excluding carboxylic acids is 1. The Kier molecular flexibility index (Phi) is 6.37. The number of carbonyl (C=O) groups is 1. The van der Waals surface area contributed by atoms with Crippen molar-refractivity contribution in [3.63, 3.8) is 0 Å². The monoisotopic (exact) mass is 364 g/mol. The molecule has 5 nitrogen and oxygen atoms in total. The Labute approximate surface area is 149 Å². The van der Waals surface area contributed by atoms with Crippen molar-refractivity contribution in [2.24, 2.45) is 5.90 Å². The van der Waals surface area contributed by atoms with Crippen molar-refractivity contribution in [2.45, 2.75) is 6.92 Å². The van der Waals surface area contributed by atoms with Crippen LogP contribution in [0.2, 0.25) is 10.0 Å². The van der Waals surface area contributed by atoms with Gasteiger partial charge in [-0.15, -0.1) is 0 Å². The van der Waals surface area contributed by atoms with Crippen molar-refractivity contribution in [3.05, 3.63) is 70.3 Å². The van der Waals surface area contributed by atoms with Crippen molar-refractivity contribution in [2.75, 3.05) is 0 Å². The fourth-order valence-electron chi connectivity index (χ4n) is 1.83. The van der Waals surface area contributed by atoms with Gasteiger partial charge in [0.2, 0.25) is 5.89 Å². The summed E-state index contributed by atoms with van der Waals surface area (Å²) < 4.78 is 5.36. The molecule has 0 amide bonds. The summed E-state index contributed by atoms with van der Waals surface area (Å²) in [5.41, 5.74) is 1.66. The average Bonchev–Trinajstić information content (AvgIpc) is 3.03. The molecule has 1 heterocycles. The predicted molar refractivity (Wildman–Crippen MR) is 94.2 cm³/mol. The van der Waals surface area contributed by atoms with Crippen molar-refractivity contribution < 1.29 is 14.0 Å². The van der Waals surface area contributed by atoms with Gasteiger partial charge in [0, 0.05) is 16.7 Å². The fraction of sp³-hybridized carbons (Fsp3) is 0.0588. The second-order valence-electron chi connectivity index (χ2n) is 4.56. The molecular weight excluding hydrogens is 351 g/mol. The molecule has 2 rings (SSSR count). The summed E-state index contributed by atoms with van der Waals surface area (Å²) in [6.45, 7) is 1.70. The molecule has 0 bridgehead atoms. The SMILES string of the molecule is C\C=C(/C=C\C=C\c1nc(-c2ccc(Cl)cc2Cl)co1)C(=O)ON. The van der Waals surface area contributed by atoms with Gasteiger partial charge < -0.3 is 9.25 Å². The first-order valence-corrected chi connectivity index (χ1v) is 7.63. The largest absolute Gasteiger partial charge is 0.444 e. The van der Waals surface area contributed by atoms with Gasteiger partial charge in [-0.1, -0.05) is 41.4 Å². The van der Waals surface area contributed by atoms with Crippen molar-refractivity contribution in [1.82, 2.24) is 4.98 Å². The van der Waals surface area contributed by atoms with Gasteiger partial charge in [-0.3, -0.25) is 0 Å². The van der Waals surface area contributed by atoms with Gasteiger partial charge in [-0.2, -0.15) is 5.90 Å². The Balaban J connectivity index is 2.10. The van der Waals surface area contributed by atoms with E-state index in [4.69, 9.17) is 33.5 Å². The van der Waals surface area contributed by atoms with Crippen LogP contribution in [-0.2, 0) is 9.63 Å². The highest BCUT2D eigenvalue weighted by Gasteiger charge is 2.09. The van der Waals surface area contributed by atoms with E-state index in [1.165, 1.54) is 6.26 Å². The van der Waals surface area contributed by atoms with Crippen LogP contribution in [-0.4, -0.2) is 11.0 Å². The first-order valence-electron chi connectivity index (χ1n) is 6.88. The molecule has 0 saturated heterocycles. The summed E-state index contributed by atoms with van der Waals surface area (Å²) in [4.78, 5) is 19.8. The molecule has 0 aliphatic rings. The van der Waals surface area contributed by atoms with E-state index >= 15 is 0 Å². The lowest BCUT2D eigenvalue weighted by Crippen LogP contribution is -2.10. The van der Waals surface area contributed by atoms with E-state index in [1.54, 1.807) is 55.5 Å². The fourth-order valence-corrected chi connectivity index (χ4v) is 2.34. The number of aromatic nitrogens is 1. The summed E-state index contributed by atoms with van der Waals surface area (Å²) in [6.07, 6.45) is 9.61. The topological polar surface area (TPSA) is 78.3 Å². The number of hydrogen-bond acceptors (Lipinski definition) is 5. The smallest absolute Gasteiger partial charge is 0.356 e. The van der Waals surface area contributed by atoms with Crippen molar-refractivity contribution >= 4 is 35.2 Å². The zero-order valence-corrected chi connectivity index (χ0v) is 14.2. The van der Waals surface area contributed by atoms with Crippen LogP contribution in [0, 0.1) is 0 Å². The molecule has 0 aliphatic heterocycles. The third kappa shape index (κ3) is 4.58. The van der Waals surface area contributed by atoms with Gasteiger partial charge in [0.1, 0.15) is 12.0 Å². The molecule has 124 valence electrons. The molecule has 2 aromatic rings. The minimum Gasteiger partial charge on any atom is -0.444 e. The first kappa shape index (κ1) is 18.0. The second kappa shape index (κ2) is 8.49. The molecular formula is C17H14Cl2N2O3. The highest BCUT2D eigenvalue weighted by atomic mass is 35.5. The maximum atomic E-state index is 11.3. The van der Waals surface area contributed by atoms with E-state index in [0.29, 0.717) is 27.2 Å². The molecule has 2 N–H and O–H groups in total. The summed E-state index contributed by atoms with van der Waals surface area (Å²) in [5.74, 6) is 4.62. The van der Waals surface area contributed by atoms with Crippen LogP contribution >= 0.6 is 23.2 Å². The van der Waals surface area contributed by atoms with Gasteiger partial charge in [0.05, 0.1) is 10.6 Å². The maximum absolute atomic E-state index is 11.3. The lowest BCUT2D eigenvalue weighted by atomic mass is 10.2. The van der Waals surface area contributed by atoms with E-state index < -0.39 is 5.97 Å². The highest BCUT2D eigenvalue weighted by Crippen LogP contribution is 2.29. The summed E-state index contributed by atoms with van der Waals surface area (Å²) in [6, 6.07) is 5.14. The van der Waals surface area contributed by atoms with Gasteiger partial charge in [0.25, 0.3) is 0 Å². The molecule has 0 atom stereocenters. The number of oxazole rings is 1. The van der Waals surface area contributed by atoms with E-state index in [0.717, 1.165) is 5.56 Å². The van der Waals surface area contributed by atoms with Crippen LogP contribution in [0.1, 0.15) is 12.8 Å². The lowest BCUT2D eigenvalue weighted by molar-refractivity contribution is -0.139. The van der Waals surface area contributed by atoms with E-state index in [1.807, 2.05) is 0 Å². The number of rotatable bonds is 5. The lowest BCUT2D eigenvalue weighted by Gasteiger charge is -1.99. The number of benzene rings is 1. The van der Waals surface area contributed by atoms with Gasteiger partial charge in [-0.05, 0) is 31.2 Å². The molecule has 0 aliphatic carbocycles. The summed E-state index contributed by atoms with van der Waals surface area (Å²) >= 11 is 12.0. The predicted octanol–water partition coefficient (Wildman–Crippen LogP) is 4.58. The first-order chi connectivity index (χ1) is 11.5. The standard InChI is InChI=1S/C17H14Cl2N2O3/c1-2-11(17(22)24-20)5-3-4-6-16-21-15(10-23-16)13-8-7-12(18)9-14(13)19/h2-10H,20H2,1H3/b5-3-,6-4+,11-2+. The Morgan fingerprint density at radius 3 is 2.79 bits per heavy atom. The third-order valence-corrected chi connectivity index (χ3v) is 3.56. The molecule has 0 fully saturated rings. The van der Waals surface area contributed by atoms with E-state index in [9.17, 15) is 4.79 Å². The molecule has 1 aromatic carbocycles. The van der Waals surface area contributed by atoms with Crippen molar-refractivity contribution in [3.8, 4) is 11.3 Å². The summed E-state index contributed by atoms with van der Waals surface area (Å²) in [5, 5.41) is 1.04. The van der Waals surface area contributed by atoms with Crippen LogP contribution in [0.4, 0.5) is 0 Å². The molecule has 7 heteroatoms. The molecule has 24 heavy (non-hydrogen) atoms. The molecule has 0 radical (unpaired) electrons. The number of allylic oxidation sites excluding steroid dienone is 3. The van der Waals surface area contributed by atoms with Crippen LogP contribution in [0.25, 0.3) is 17.3 Å². The zero-order valence-electron chi connectivity index (χ0n) is 12.7. The zero-order chi connectivity index (χ0) is 17.5. The van der Waals surface area contributed by atoms with Gasteiger partial charge in [0.15, 0.2) is 0 Å². The molecule has 0 spiro atoms. The Morgan fingerprint density at radius 2 is 2.12 bits per heavy atom. The van der Waals surface area contributed by atoms with Crippen LogP contribution in [0.3, 0.4) is 0 Å². The minimum atomic E-state index is -0.613. The Morgan fingerprint density at radius 1 is 1.33 bits per heavy atom. The summed E-state index contributed by atoms with van der Waals surface area (Å²) in [7, 11) is 0. The van der Waals surface area contributed by atoms with Crippen LogP contribution < -0.4 is 5.90 Å².